The third-order valence-corrected chi connectivity index (χ3v) is 2.59. The van der Waals surface area contributed by atoms with Gasteiger partial charge in [-0.15, -0.1) is 0 Å². The first-order chi connectivity index (χ1) is 8.37. The summed E-state index contributed by atoms with van der Waals surface area (Å²) in [5.74, 6) is -0.504. The zero-order valence-electron chi connectivity index (χ0n) is 10.8. The van der Waals surface area contributed by atoms with Crippen LogP contribution >= 0.6 is 11.3 Å². The van der Waals surface area contributed by atoms with Gasteiger partial charge in [-0.05, 0) is 27.7 Å². The quantitative estimate of drug-likeness (QED) is 0.466. The molecule has 1 aromatic rings. The molecule has 0 aliphatic heterocycles. The molecule has 0 aliphatic rings. The molecular weight excluding hydrogens is 256 g/mol. The molecule has 0 spiro atoms. The summed E-state index contributed by atoms with van der Waals surface area (Å²) in [7, 11) is 0. The molecule has 1 aromatic heterocycles. The van der Waals surface area contributed by atoms with Gasteiger partial charge in [-0.2, -0.15) is 5.06 Å². The van der Waals surface area contributed by atoms with Crippen molar-refractivity contribution in [1.29, 1.82) is 0 Å². The average Bonchev–Trinajstić information content (AvgIpc) is 2.74. The molecular formula is C11H16N2O4S. The van der Waals surface area contributed by atoms with Crippen molar-refractivity contribution in [2.75, 3.05) is 11.7 Å². The van der Waals surface area contributed by atoms with Gasteiger partial charge in [-0.3, -0.25) is 9.63 Å². The van der Waals surface area contributed by atoms with Crippen LogP contribution in [0.2, 0.25) is 0 Å². The maximum atomic E-state index is 11.4. The molecule has 0 saturated heterocycles. The molecule has 0 bridgehead atoms. The Bertz CT molecular complexity index is 425. The number of aromatic nitrogens is 1. The van der Waals surface area contributed by atoms with E-state index in [9.17, 15) is 9.59 Å². The van der Waals surface area contributed by atoms with Gasteiger partial charge < -0.3 is 4.74 Å². The first kappa shape index (κ1) is 14.6. The zero-order valence-corrected chi connectivity index (χ0v) is 11.6. The van der Waals surface area contributed by atoms with E-state index in [2.05, 4.69) is 4.98 Å². The molecule has 7 heteroatoms. The van der Waals surface area contributed by atoms with Gasteiger partial charge in [-0.1, -0.05) is 11.3 Å². The van der Waals surface area contributed by atoms with Crippen molar-refractivity contribution in [3.8, 4) is 0 Å². The summed E-state index contributed by atoms with van der Waals surface area (Å²) in [6.45, 7) is 7.45. The lowest BCUT2D eigenvalue weighted by molar-refractivity contribution is -0.120. The number of hydrogen-bond acceptors (Lipinski definition) is 6. The van der Waals surface area contributed by atoms with Crippen LogP contribution in [-0.4, -0.2) is 29.6 Å². The number of nitrogens with zero attached hydrogens (tertiary/aromatic N) is 2. The summed E-state index contributed by atoms with van der Waals surface area (Å²) >= 11 is 1.04. The summed E-state index contributed by atoms with van der Waals surface area (Å²) in [6, 6.07) is 0. The molecule has 0 N–H and O–H groups in total. The Labute approximate surface area is 109 Å². The Morgan fingerprint density at radius 3 is 2.72 bits per heavy atom. The summed E-state index contributed by atoms with van der Waals surface area (Å²) in [5.41, 5.74) is -0.519. The van der Waals surface area contributed by atoms with Crippen molar-refractivity contribution in [3.63, 3.8) is 0 Å². The molecule has 0 fully saturated rings. The Morgan fingerprint density at radius 2 is 2.22 bits per heavy atom. The minimum Gasteiger partial charge on any atom is -0.461 e. The van der Waals surface area contributed by atoms with Crippen LogP contribution in [0.1, 0.15) is 37.5 Å². The fourth-order valence-electron chi connectivity index (χ4n) is 1.07. The van der Waals surface area contributed by atoms with Crippen molar-refractivity contribution in [1.82, 2.24) is 4.98 Å². The van der Waals surface area contributed by atoms with Crippen molar-refractivity contribution in [3.05, 3.63) is 11.2 Å². The van der Waals surface area contributed by atoms with Gasteiger partial charge in [0, 0.05) is 0 Å². The molecule has 6 nitrogen and oxygen atoms in total. The van der Waals surface area contributed by atoms with Crippen molar-refractivity contribution < 1.29 is 19.2 Å². The second-order valence-corrected chi connectivity index (χ2v) is 5.37. The SMILES string of the molecule is CCOC(=O)c1ncc(N(C=O)OC(C)(C)C)s1. The number of hydroxylamine groups is 1. The highest BCUT2D eigenvalue weighted by Gasteiger charge is 2.21. The van der Waals surface area contributed by atoms with Gasteiger partial charge in [0.05, 0.1) is 18.4 Å². The van der Waals surface area contributed by atoms with E-state index in [4.69, 9.17) is 9.57 Å². The fraction of sp³-hybridized carbons (Fsp3) is 0.545. The van der Waals surface area contributed by atoms with Crippen molar-refractivity contribution in [2.24, 2.45) is 0 Å². The predicted octanol–water partition coefficient (Wildman–Crippen LogP) is 2.01. The number of rotatable bonds is 5. The van der Waals surface area contributed by atoms with E-state index in [1.165, 1.54) is 6.20 Å². The van der Waals surface area contributed by atoms with E-state index in [1.807, 2.05) is 20.8 Å². The normalized spacial score (nSPS) is 11.1. The topological polar surface area (TPSA) is 68.7 Å². The Hall–Kier alpha value is -1.47. The molecule has 1 amide bonds. The highest BCUT2D eigenvalue weighted by Crippen LogP contribution is 2.25. The number of carbonyl (C=O) groups is 2. The summed E-state index contributed by atoms with van der Waals surface area (Å²) in [6.07, 6.45) is 1.94. The molecule has 0 radical (unpaired) electrons. The number of anilines is 1. The highest BCUT2D eigenvalue weighted by molar-refractivity contribution is 7.17. The number of thiazole rings is 1. The van der Waals surface area contributed by atoms with Crippen LogP contribution in [0.4, 0.5) is 5.00 Å². The smallest absolute Gasteiger partial charge is 0.367 e. The van der Waals surface area contributed by atoms with Gasteiger partial charge in [-0.25, -0.2) is 9.78 Å². The molecule has 0 unspecified atom stereocenters. The average molecular weight is 272 g/mol. The molecule has 0 aromatic carbocycles. The van der Waals surface area contributed by atoms with E-state index in [-0.39, 0.29) is 11.6 Å². The molecule has 100 valence electrons. The molecule has 0 aliphatic carbocycles. The van der Waals surface area contributed by atoms with Crippen LogP contribution in [0.15, 0.2) is 6.20 Å². The van der Waals surface area contributed by atoms with Crippen LogP contribution in [0, 0.1) is 0 Å². The third kappa shape index (κ3) is 4.08. The zero-order chi connectivity index (χ0) is 13.8. The van der Waals surface area contributed by atoms with Crippen molar-refractivity contribution >= 4 is 28.7 Å². The van der Waals surface area contributed by atoms with E-state index in [1.54, 1.807) is 6.92 Å². The second kappa shape index (κ2) is 5.92. The third-order valence-electron chi connectivity index (χ3n) is 1.63. The van der Waals surface area contributed by atoms with E-state index >= 15 is 0 Å². The minimum atomic E-state index is -0.519. The van der Waals surface area contributed by atoms with Gasteiger partial charge in [0.25, 0.3) is 0 Å². The lowest BCUT2D eigenvalue weighted by Gasteiger charge is -2.24. The van der Waals surface area contributed by atoms with Crippen LogP contribution in [0.3, 0.4) is 0 Å². The highest BCUT2D eigenvalue weighted by atomic mass is 32.1. The monoisotopic (exact) mass is 272 g/mol. The lowest BCUT2D eigenvalue weighted by Crippen LogP contribution is -2.32. The van der Waals surface area contributed by atoms with E-state index in [0.29, 0.717) is 11.4 Å². The van der Waals surface area contributed by atoms with Crippen LogP contribution in [0.5, 0.6) is 0 Å². The number of hydrogen-bond donors (Lipinski definition) is 0. The summed E-state index contributed by atoms with van der Waals surface area (Å²) in [5, 5.41) is 1.68. The second-order valence-electron chi connectivity index (χ2n) is 4.36. The predicted molar refractivity (Wildman–Crippen MR) is 67.5 cm³/mol. The summed E-state index contributed by atoms with van der Waals surface area (Å²) in [4.78, 5) is 31.7. The fourth-order valence-corrected chi connectivity index (χ4v) is 1.79. The maximum Gasteiger partial charge on any atom is 0.367 e. The largest absolute Gasteiger partial charge is 0.461 e. The van der Waals surface area contributed by atoms with Gasteiger partial charge in [0.15, 0.2) is 0 Å². The number of esters is 1. The number of ether oxygens (including phenoxy) is 1. The molecule has 1 heterocycles. The van der Waals surface area contributed by atoms with Gasteiger partial charge in [0.1, 0.15) is 5.00 Å². The lowest BCUT2D eigenvalue weighted by atomic mass is 10.2. The van der Waals surface area contributed by atoms with Crippen LogP contribution in [0.25, 0.3) is 0 Å². The molecule has 1 rings (SSSR count). The van der Waals surface area contributed by atoms with E-state index in [0.717, 1.165) is 16.4 Å². The molecule has 0 saturated carbocycles. The maximum absolute atomic E-state index is 11.4. The Balaban J connectivity index is 2.82. The summed E-state index contributed by atoms with van der Waals surface area (Å²) < 4.78 is 4.82. The Kier molecular flexibility index (Phi) is 4.80. The van der Waals surface area contributed by atoms with Gasteiger partial charge in [0.2, 0.25) is 11.4 Å². The minimum absolute atomic E-state index is 0.191. The number of amides is 1. The first-order valence-electron chi connectivity index (χ1n) is 5.44. The molecule has 18 heavy (non-hydrogen) atoms. The van der Waals surface area contributed by atoms with Gasteiger partial charge >= 0.3 is 5.97 Å². The Morgan fingerprint density at radius 1 is 1.56 bits per heavy atom. The van der Waals surface area contributed by atoms with E-state index < -0.39 is 11.6 Å². The number of carbonyl (C=O) groups excluding carboxylic acids is 2. The standard InChI is InChI=1S/C11H16N2O4S/c1-5-16-10(15)9-12-6-8(18-9)13(7-14)17-11(2,3)4/h6-7H,5H2,1-4H3. The first-order valence-corrected chi connectivity index (χ1v) is 6.25. The molecule has 0 atom stereocenters. The van der Waals surface area contributed by atoms with Crippen molar-refractivity contribution in [2.45, 2.75) is 33.3 Å². The van der Waals surface area contributed by atoms with Crippen LogP contribution < -0.4 is 5.06 Å². The van der Waals surface area contributed by atoms with Crippen LogP contribution in [-0.2, 0) is 14.4 Å².